The number of para-hydroxylation sites is 2. The van der Waals surface area contributed by atoms with Crippen LogP contribution >= 0.6 is 0 Å². The molecule has 0 aliphatic carbocycles. The van der Waals surface area contributed by atoms with Crippen LogP contribution in [0.1, 0.15) is 43.7 Å². The second-order valence-electron chi connectivity index (χ2n) is 10.3. The van der Waals surface area contributed by atoms with Crippen LogP contribution in [0.25, 0.3) is 10.9 Å². The topological polar surface area (TPSA) is 82.0 Å². The molecule has 0 radical (unpaired) electrons. The molecule has 2 amide bonds. The van der Waals surface area contributed by atoms with Crippen LogP contribution in [-0.2, 0) is 11.8 Å². The summed E-state index contributed by atoms with van der Waals surface area (Å²) in [6.45, 7) is 12.3. The van der Waals surface area contributed by atoms with E-state index in [1.807, 2.05) is 65.9 Å². The van der Waals surface area contributed by atoms with E-state index in [1.165, 1.54) is 0 Å². The van der Waals surface area contributed by atoms with E-state index >= 15 is 0 Å². The van der Waals surface area contributed by atoms with Crippen molar-refractivity contribution >= 4 is 22.7 Å². The highest BCUT2D eigenvalue weighted by atomic mass is 16.5. The fraction of sp³-hybridized carbons (Fsp3) is 0.467. The Labute approximate surface area is 225 Å². The predicted octanol–water partition coefficient (Wildman–Crippen LogP) is 4.82. The molecule has 0 spiro atoms. The van der Waals surface area contributed by atoms with Gasteiger partial charge in [-0.15, -0.1) is 0 Å². The number of ether oxygens (including phenoxy) is 3. The van der Waals surface area contributed by atoms with E-state index in [1.54, 1.807) is 7.11 Å². The average Bonchev–Trinajstić information content (AvgIpc) is 3.13. The SMILES string of the molecule is COc1ccccc1OCCNC(=O)c1c(C)n(C)c2ccc(OCC(=O)N(CC(C)C)CC(C)C)cc12. The van der Waals surface area contributed by atoms with Crippen LogP contribution in [0.15, 0.2) is 42.5 Å². The van der Waals surface area contributed by atoms with Crippen molar-refractivity contribution in [3.05, 3.63) is 53.7 Å². The van der Waals surface area contributed by atoms with Gasteiger partial charge in [0.05, 0.1) is 19.2 Å². The summed E-state index contributed by atoms with van der Waals surface area (Å²) in [5, 5.41) is 3.73. The van der Waals surface area contributed by atoms with Gasteiger partial charge in [-0.05, 0) is 49.1 Å². The number of nitrogens with zero attached hydrogens (tertiary/aromatic N) is 2. The monoisotopic (exact) mass is 523 g/mol. The zero-order chi connectivity index (χ0) is 27.8. The summed E-state index contributed by atoms with van der Waals surface area (Å²) in [7, 11) is 3.52. The van der Waals surface area contributed by atoms with Crippen LogP contribution in [-0.4, -0.2) is 61.2 Å². The highest BCUT2D eigenvalue weighted by Gasteiger charge is 2.20. The first-order chi connectivity index (χ1) is 18.1. The number of nitrogens with one attached hydrogen (secondary N) is 1. The summed E-state index contributed by atoms with van der Waals surface area (Å²) < 4.78 is 19.0. The molecule has 0 saturated heterocycles. The summed E-state index contributed by atoms with van der Waals surface area (Å²) in [5.41, 5.74) is 2.34. The number of hydrogen-bond acceptors (Lipinski definition) is 5. The molecule has 1 aromatic heterocycles. The molecule has 1 N–H and O–H groups in total. The standard InChI is InChI=1S/C30H41N3O5/c1-20(2)17-33(18-21(3)4)28(34)19-38-23-12-13-25-24(16-23)29(22(5)32(25)6)30(35)31-14-15-37-27-11-9-8-10-26(27)36-7/h8-13,16,20-21H,14-15,17-19H2,1-7H3,(H,31,35). The zero-order valence-corrected chi connectivity index (χ0v) is 23.7. The van der Waals surface area contributed by atoms with Gasteiger partial charge in [-0.1, -0.05) is 39.8 Å². The third kappa shape index (κ3) is 7.21. The van der Waals surface area contributed by atoms with Crippen LogP contribution in [0, 0.1) is 18.8 Å². The largest absolute Gasteiger partial charge is 0.493 e. The molecule has 0 aliphatic heterocycles. The molecular weight excluding hydrogens is 482 g/mol. The van der Waals surface area contributed by atoms with Crippen molar-refractivity contribution in [2.75, 3.05) is 40.0 Å². The third-order valence-electron chi connectivity index (χ3n) is 6.29. The highest BCUT2D eigenvalue weighted by Crippen LogP contribution is 2.29. The van der Waals surface area contributed by atoms with E-state index in [0.717, 1.165) is 16.6 Å². The van der Waals surface area contributed by atoms with Crippen LogP contribution in [0.4, 0.5) is 0 Å². The highest BCUT2D eigenvalue weighted by molar-refractivity contribution is 6.08. The van der Waals surface area contributed by atoms with E-state index in [-0.39, 0.29) is 18.4 Å². The van der Waals surface area contributed by atoms with Gasteiger partial charge >= 0.3 is 0 Å². The fourth-order valence-electron chi connectivity index (χ4n) is 4.48. The molecule has 0 saturated carbocycles. The Morgan fingerprint density at radius 3 is 2.26 bits per heavy atom. The normalized spacial score (nSPS) is 11.2. The van der Waals surface area contributed by atoms with Crippen molar-refractivity contribution in [2.24, 2.45) is 18.9 Å². The maximum absolute atomic E-state index is 13.2. The minimum Gasteiger partial charge on any atom is -0.493 e. The molecule has 38 heavy (non-hydrogen) atoms. The van der Waals surface area contributed by atoms with Gasteiger partial charge in [-0.25, -0.2) is 0 Å². The number of rotatable bonds is 13. The third-order valence-corrected chi connectivity index (χ3v) is 6.29. The van der Waals surface area contributed by atoms with Crippen molar-refractivity contribution in [1.29, 1.82) is 0 Å². The lowest BCUT2D eigenvalue weighted by Crippen LogP contribution is -2.39. The van der Waals surface area contributed by atoms with E-state index < -0.39 is 0 Å². The molecule has 8 heteroatoms. The molecule has 206 valence electrons. The Balaban J connectivity index is 1.68. The molecule has 0 unspecified atom stereocenters. The Bertz CT molecular complexity index is 1240. The van der Waals surface area contributed by atoms with Crippen LogP contribution in [0.2, 0.25) is 0 Å². The number of aryl methyl sites for hydroxylation is 1. The first-order valence-corrected chi connectivity index (χ1v) is 13.2. The summed E-state index contributed by atoms with van der Waals surface area (Å²) in [4.78, 5) is 27.9. The molecular formula is C30H41N3O5. The number of aromatic nitrogens is 1. The van der Waals surface area contributed by atoms with Crippen LogP contribution in [0.3, 0.4) is 0 Å². The number of benzene rings is 2. The molecule has 1 heterocycles. The van der Waals surface area contributed by atoms with E-state index in [0.29, 0.717) is 60.9 Å². The van der Waals surface area contributed by atoms with Crippen molar-refractivity contribution in [1.82, 2.24) is 14.8 Å². The Hall–Kier alpha value is -3.68. The number of amides is 2. The van der Waals surface area contributed by atoms with Gasteiger partial charge in [-0.3, -0.25) is 9.59 Å². The van der Waals surface area contributed by atoms with E-state index in [9.17, 15) is 9.59 Å². The first kappa shape index (κ1) is 28.9. The molecule has 0 bridgehead atoms. The second kappa shape index (κ2) is 13.2. The Morgan fingerprint density at radius 2 is 1.63 bits per heavy atom. The smallest absolute Gasteiger partial charge is 0.260 e. The van der Waals surface area contributed by atoms with Gasteiger partial charge in [0.25, 0.3) is 11.8 Å². The lowest BCUT2D eigenvalue weighted by Gasteiger charge is -2.26. The summed E-state index contributed by atoms with van der Waals surface area (Å²) in [6, 6.07) is 13.0. The van der Waals surface area contributed by atoms with Crippen molar-refractivity contribution < 1.29 is 23.8 Å². The second-order valence-corrected chi connectivity index (χ2v) is 10.3. The van der Waals surface area contributed by atoms with Gasteiger partial charge in [0.15, 0.2) is 18.1 Å². The maximum Gasteiger partial charge on any atom is 0.260 e. The lowest BCUT2D eigenvalue weighted by molar-refractivity contribution is -0.134. The number of fused-ring (bicyclic) bond motifs is 1. The molecule has 3 aromatic rings. The lowest BCUT2D eigenvalue weighted by atomic mass is 10.1. The number of carbonyl (C=O) groups excluding carboxylic acids is 2. The Kier molecular flexibility index (Phi) is 10.0. The van der Waals surface area contributed by atoms with Crippen molar-refractivity contribution in [3.63, 3.8) is 0 Å². The minimum atomic E-state index is -0.190. The Morgan fingerprint density at radius 1 is 0.974 bits per heavy atom. The predicted molar refractivity (Wildman–Crippen MR) is 150 cm³/mol. The zero-order valence-electron chi connectivity index (χ0n) is 23.7. The fourth-order valence-corrected chi connectivity index (χ4v) is 4.48. The van der Waals surface area contributed by atoms with E-state index in [2.05, 4.69) is 33.0 Å². The molecule has 0 aliphatic rings. The van der Waals surface area contributed by atoms with Gasteiger partial charge in [0, 0.05) is 36.7 Å². The molecule has 8 nitrogen and oxygen atoms in total. The van der Waals surface area contributed by atoms with Crippen LogP contribution < -0.4 is 19.5 Å². The molecule has 0 fully saturated rings. The van der Waals surface area contributed by atoms with Gasteiger partial charge < -0.3 is 29.0 Å². The molecule has 2 aromatic carbocycles. The quantitative estimate of drug-likeness (QED) is 0.325. The first-order valence-electron chi connectivity index (χ1n) is 13.2. The molecule has 0 atom stereocenters. The van der Waals surface area contributed by atoms with Gasteiger partial charge in [-0.2, -0.15) is 0 Å². The minimum absolute atomic E-state index is 0.0373. The summed E-state index contributed by atoms with van der Waals surface area (Å²) >= 11 is 0. The number of carbonyl (C=O) groups is 2. The summed E-state index contributed by atoms with van der Waals surface area (Å²) in [5.74, 6) is 2.35. The van der Waals surface area contributed by atoms with Gasteiger partial charge in [0.2, 0.25) is 0 Å². The van der Waals surface area contributed by atoms with Gasteiger partial charge in [0.1, 0.15) is 12.4 Å². The van der Waals surface area contributed by atoms with Crippen molar-refractivity contribution in [2.45, 2.75) is 34.6 Å². The number of hydrogen-bond donors (Lipinski definition) is 1. The maximum atomic E-state index is 13.2. The van der Waals surface area contributed by atoms with Crippen LogP contribution in [0.5, 0.6) is 17.2 Å². The van der Waals surface area contributed by atoms with E-state index in [4.69, 9.17) is 14.2 Å². The number of methoxy groups -OCH3 is 1. The van der Waals surface area contributed by atoms with Crippen molar-refractivity contribution in [3.8, 4) is 17.2 Å². The average molecular weight is 524 g/mol. The molecule has 3 rings (SSSR count). The summed E-state index contributed by atoms with van der Waals surface area (Å²) in [6.07, 6.45) is 0.